The fourth-order valence-corrected chi connectivity index (χ4v) is 2.53. The van der Waals surface area contributed by atoms with Crippen LogP contribution in [0, 0.1) is 11.3 Å². The van der Waals surface area contributed by atoms with E-state index in [0.29, 0.717) is 17.9 Å². The second-order valence-electron chi connectivity index (χ2n) is 5.52. The summed E-state index contributed by atoms with van der Waals surface area (Å²) in [5.74, 6) is 0.298. The first-order valence-electron chi connectivity index (χ1n) is 7.82. The number of benzene rings is 1. The van der Waals surface area contributed by atoms with Crippen molar-refractivity contribution in [1.82, 2.24) is 5.32 Å². The summed E-state index contributed by atoms with van der Waals surface area (Å²) in [5.41, 5.74) is 1.88. The number of allylic oxidation sites excluding steroid dienone is 1. The molecule has 1 aromatic rings. The Morgan fingerprint density at radius 2 is 2.23 bits per heavy atom. The first kappa shape index (κ1) is 16.1. The van der Waals surface area contributed by atoms with Crippen molar-refractivity contribution in [1.29, 1.82) is 5.26 Å². The Morgan fingerprint density at radius 1 is 1.41 bits per heavy atom. The Morgan fingerprint density at radius 3 is 2.95 bits per heavy atom. The normalized spacial score (nSPS) is 15.4. The van der Waals surface area contributed by atoms with Gasteiger partial charge in [-0.3, -0.25) is 4.79 Å². The van der Waals surface area contributed by atoms with Gasteiger partial charge in [0.25, 0.3) is 5.91 Å². The molecule has 0 unspecified atom stereocenters. The molecule has 0 bridgehead atoms. The van der Waals surface area contributed by atoms with Crippen molar-refractivity contribution in [3.05, 3.63) is 41.5 Å². The van der Waals surface area contributed by atoms with E-state index in [2.05, 4.69) is 17.5 Å². The van der Waals surface area contributed by atoms with Gasteiger partial charge >= 0.3 is 0 Å². The lowest BCUT2D eigenvalue weighted by Gasteiger charge is -2.16. The van der Waals surface area contributed by atoms with Gasteiger partial charge in [-0.1, -0.05) is 23.8 Å². The lowest BCUT2D eigenvalue weighted by atomic mass is 9.97. The maximum Gasteiger partial charge on any atom is 0.260 e. The standard InChI is InChI=1S/C18H22N2O2/c1-14(22-17-10-6-5-9-16(17)13-19)18(21)20-12-11-15-7-3-2-4-8-15/h5-7,9-10,14H,2-4,8,11-12H2,1H3,(H,20,21)/t14-/m0/s1. The highest BCUT2D eigenvalue weighted by Gasteiger charge is 2.16. The molecule has 0 aromatic heterocycles. The number of nitriles is 1. The van der Waals surface area contributed by atoms with Crippen LogP contribution in [0.4, 0.5) is 0 Å². The van der Waals surface area contributed by atoms with Crippen LogP contribution in [-0.2, 0) is 4.79 Å². The minimum atomic E-state index is -0.616. The third kappa shape index (κ3) is 4.63. The molecular formula is C18H22N2O2. The zero-order valence-electron chi connectivity index (χ0n) is 13.0. The molecule has 0 heterocycles. The smallest absolute Gasteiger partial charge is 0.260 e. The molecule has 22 heavy (non-hydrogen) atoms. The van der Waals surface area contributed by atoms with E-state index in [-0.39, 0.29) is 5.91 Å². The summed E-state index contributed by atoms with van der Waals surface area (Å²) in [6.45, 7) is 2.33. The summed E-state index contributed by atoms with van der Waals surface area (Å²) < 4.78 is 5.59. The van der Waals surface area contributed by atoms with Gasteiger partial charge in [-0.2, -0.15) is 5.26 Å². The molecule has 2 rings (SSSR count). The van der Waals surface area contributed by atoms with Crippen molar-refractivity contribution >= 4 is 5.91 Å². The molecule has 0 spiro atoms. The molecule has 1 N–H and O–H groups in total. The van der Waals surface area contributed by atoms with Gasteiger partial charge in [-0.05, 0) is 51.2 Å². The van der Waals surface area contributed by atoms with E-state index in [0.717, 1.165) is 19.3 Å². The largest absolute Gasteiger partial charge is 0.480 e. The van der Waals surface area contributed by atoms with Gasteiger partial charge in [0.05, 0.1) is 5.56 Å². The Kier molecular flexibility index (Phi) is 6.02. The lowest BCUT2D eigenvalue weighted by molar-refractivity contribution is -0.127. The molecule has 1 aliphatic rings. The van der Waals surface area contributed by atoms with Crippen LogP contribution in [0.15, 0.2) is 35.9 Å². The molecule has 0 aliphatic heterocycles. The number of hydrogen-bond acceptors (Lipinski definition) is 3. The molecule has 0 saturated carbocycles. The van der Waals surface area contributed by atoms with Crippen LogP contribution in [0.25, 0.3) is 0 Å². The topological polar surface area (TPSA) is 62.1 Å². The van der Waals surface area contributed by atoms with Gasteiger partial charge in [0, 0.05) is 6.54 Å². The van der Waals surface area contributed by atoms with Crippen LogP contribution < -0.4 is 10.1 Å². The van der Waals surface area contributed by atoms with Gasteiger partial charge in [-0.15, -0.1) is 0 Å². The molecule has 4 heteroatoms. The third-order valence-corrected chi connectivity index (χ3v) is 3.81. The summed E-state index contributed by atoms with van der Waals surface area (Å²) in [4.78, 5) is 12.1. The van der Waals surface area contributed by atoms with Crippen molar-refractivity contribution in [2.75, 3.05) is 6.54 Å². The summed E-state index contributed by atoms with van der Waals surface area (Å²) >= 11 is 0. The van der Waals surface area contributed by atoms with Crippen LogP contribution >= 0.6 is 0 Å². The molecule has 0 radical (unpaired) electrons. The predicted octanol–water partition coefficient (Wildman–Crippen LogP) is 3.33. The number of ether oxygens (including phenoxy) is 1. The number of amides is 1. The minimum absolute atomic E-state index is 0.149. The van der Waals surface area contributed by atoms with Crippen LogP contribution in [-0.4, -0.2) is 18.6 Å². The highest BCUT2D eigenvalue weighted by atomic mass is 16.5. The molecule has 1 aromatic carbocycles. The number of nitrogens with zero attached hydrogens (tertiary/aromatic N) is 1. The van der Waals surface area contributed by atoms with E-state index in [4.69, 9.17) is 10.00 Å². The van der Waals surface area contributed by atoms with E-state index in [1.807, 2.05) is 0 Å². The van der Waals surface area contributed by atoms with Crippen LogP contribution in [0.3, 0.4) is 0 Å². The van der Waals surface area contributed by atoms with Gasteiger partial charge < -0.3 is 10.1 Å². The van der Waals surface area contributed by atoms with E-state index in [1.165, 1.54) is 18.4 Å². The zero-order chi connectivity index (χ0) is 15.8. The fraction of sp³-hybridized carbons (Fsp3) is 0.444. The predicted molar refractivity (Wildman–Crippen MR) is 85.4 cm³/mol. The number of para-hydroxylation sites is 1. The second-order valence-corrected chi connectivity index (χ2v) is 5.52. The fourth-order valence-electron chi connectivity index (χ4n) is 2.53. The summed E-state index contributed by atoms with van der Waals surface area (Å²) in [7, 11) is 0. The molecule has 1 aliphatic carbocycles. The van der Waals surface area contributed by atoms with Gasteiger partial charge in [0.2, 0.25) is 0 Å². The lowest BCUT2D eigenvalue weighted by Crippen LogP contribution is -2.37. The Labute approximate surface area is 131 Å². The van der Waals surface area contributed by atoms with Crippen LogP contribution in [0.1, 0.15) is 44.6 Å². The Balaban J connectivity index is 1.79. The highest BCUT2D eigenvalue weighted by molar-refractivity contribution is 5.80. The van der Waals surface area contributed by atoms with Crippen molar-refractivity contribution in [3.8, 4) is 11.8 Å². The van der Waals surface area contributed by atoms with Crippen molar-refractivity contribution in [2.45, 2.75) is 45.1 Å². The summed E-state index contributed by atoms with van der Waals surface area (Å²) in [5, 5.41) is 11.9. The zero-order valence-corrected chi connectivity index (χ0v) is 13.0. The van der Waals surface area contributed by atoms with E-state index in [1.54, 1.807) is 31.2 Å². The number of nitrogens with one attached hydrogen (secondary N) is 1. The highest BCUT2D eigenvalue weighted by Crippen LogP contribution is 2.20. The van der Waals surface area contributed by atoms with E-state index < -0.39 is 6.10 Å². The quantitative estimate of drug-likeness (QED) is 0.819. The number of rotatable bonds is 6. The first-order valence-corrected chi connectivity index (χ1v) is 7.82. The van der Waals surface area contributed by atoms with Crippen molar-refractivity contribution < 1.29 is 9.53 Å². The van der Waals surface area contributed by atoms with E-state index in [9.17, 15) is 4.79 Å². The van der Waals surface area contributed by atoms with Gasteiger partial charge in [-0.25, -0.2) is 0 Å². The molecule has 116 valence electrons. The number of carbonyl (C=O) groups is 1. The minimum Gasteiger partial charge on any atom is -0.480 e. The average molecular weight is 298 g/mol. The van der Waals surface area contributed by atoms with Gasteiger partial charge in [0.1, 0.15) is 11.8 Å². The summed E-state index contributed by atoms with van der Waals surface area (Å²) in [6.07, 6.45) is 7.43. The maximum absolute atomic E-state index is 12.1. The third-order valence-electron chi connectivity index (χ3n) is 3.81. The van der Waals surface area contributed by atoms with Crippen molar-refractivity contribution in [3.63, 3.8) is 0 Å². The first-order chi connectivity index (χ1) is 10.7. The molecule has 4 nitrogen and oxygen atoms in total. The molecule has 0 saturated heterocycles. The Hall–Kier alpha value is -2.28. The van der Waals surface area contributed by atoms with Gasteiger partial charge in [0.15, 0.2) is 6.10 Å². The van der Waals surface area contributed by atoms with E-state index >= 15 is 0 Å². The molecule has 0 fully saturated rings. The second kappa shape index (κ2) is 8.23. The SMILES string of the molecule is C[C@H](Oc1ccccc1C#N)C(=O)NCCC1=CCCCC1. The molecule has 1 atom stereocenters. The van der Waals surface area contributed by atoms with Crippen molar-refractivity contribution in [2.24, 2.45) is 0 Å². The van der Waals surface area contributed by atoms with Crippen LogP contribution in [0.5, 0.6) is 5.75 Å². The Bertz CT molecular complexity index is 587. The number of carbonyl (C=O) groups excluding carboxylic acids is 1. The molecular weight excluding hydrogens is 276 g/mol. The monoisotopic (exact) mass is 298 g/mol. The average Bonchev–Trinajstić information content (AvgIpc) is 2.56. The number of hydrogen-bond donors (Lipinski definition) is 1. The maximum atomic E-state index is 12.1. The molecule has 1 amide bonds. The summed E-state index contributed by atoms with van der Waals surface area (Å²) in [6, 6.07) is 9.00. The van der Waals surface area contributed by atoms with Crippen LogP contribution in [0.2, 0.25) is 0 Å².